The van der Waals surface area contributed by atoms with Crippen LogP contribution in [-0.2, 0) is 25.2 Å². The minimum absolute atomic E-state index is 0.0831. The molecule has 1 aromatic heterocycles. The van der Waals surface area contributed by atoms with Crippen molar-refractivity contribution in [3.8, 4) is 0 Å². The Hall–Kier alpha value is -2.73. The summed E-state index contributed by atoms with van der Waals surface area (Å²) in [5.41, 5.74) is 1.48. The van der Waals surface area contributed by atoms with Crippen molar-refractivity contribution in [2.24, 2.45) is 0 Å². The van der Waals surface area contributed by atoms with E-state index >= 15 is 0 Å². The number of carbonyl (C=O) groups excluding carboxylic acids is 2. The Balaban J connectivity index is 1.72. The van der Waals surface area contributed by atoms with Crippen molar-refractivity contribution in [3.63, 3.8) is 0 Å². The van der Waals surface area contributed by atoms with Crippen LogP contribution in [0.4, 0.5) is 0 Å². The first-order chi connectivity index (χ1) is 15.0. The van der Waals surface area contributed by atoms with Crippen LogP contribution in [-0.4, -0.2) is 55.0 Å². The molecule has 1 N–H and O–H groups in total. The lowest BCUT2D eigenvalue weighted by Gasteiger charge is -2.46. The number of carbonyl (C=O) groups is 2. The molecule has 0 spiro atoms. The zero-order valence-corrected chi connectivity index (χ0v) is 18.4. The average Bonchev–Trinajstić information content (AvgIpc) is 2.84. The fraction of sp³-hybridized carbons (Fsp3) is 0.480. The van der Waals surface area contributed by atoms with Crippen LogP contribution in [0.25, 0.3) is 0 Å². The van der Waals surface area contributed by atoms with Gasteiger partial charge in [0.2, 0.25) is 11.8 Å². The Morgan fingerprint density at radius 3 is 2.55 bits per heavy atom. The minimum atomic E-state index is -0.830. The molecular weight excluding hydrogens is 390 g/mol. The highest BCUT2D eigenvalue weighted by Gasteiger charge is 2.50. The van der Waals surface area contributed by atoms with Gasteiger partial charge in [-0.25, -0.2) is 0 Å². The van der Waals surface area contributed by atoms with Crippen LogP contribution in [0.2, 0.25) is 0 Å². The molecule has 1 atom stereocenters. The van der Waals surface area contributed by atoms with Gasteiger partial charge in [0.15, 0.2) is 0 Å². The van der Waals surface area contributed by atoms with Crippen molar-refractivity contribution in [2.45, 2.75) is 43.4 Å². The first-order valence-corrected chi connectivity index (χ1v) is 11.1. The molecule has 1 aromatic carbocycles. The Bertz CT molecular complexity index is 940. The molecule has 31 heavy (non-hydrogen) atoms. The van der Waals surface area contributed by atoms with E-state index in [0.29, 0.717) is 45.6 Å². The second-order valence-corrected chi connectivity index (χ2v) is 8.77. The van der Waals surface area contributed by atoms with Gasteiger partial charge >= 0.3 is 0 Å². The third kappa shape index (κ3) is 3.85. The predicted octanol–water partition coefficient (Wildman–Crippen LogP) is 2.74. The molecule has 0 radical (unpaired) electrons. The van der Waals surface area contributed by atoms with Gasteiger partial charge in [-0.3, -0.25) is 14.6 Å². The third-order valence-corrected chi connectivity index (χ3v) is 6.92. The average molecular weight is 422 g/mol. The second-order valence-electron chi connectivity index (χ2n) is 8.77. The summed E-state index contributed by atoms with van der Waals surface area (Å²) in [5, 5.41) is 2.82. The molecule has 0 aliphatic carbocycles. The van der Waals surface area contributed by atoms with Gasteiger partial charge in [-0.2, -0.15) is 0 Å². The van der Waals surface area contributed by atoms with Crippen molar-refractivity contribution in [1.82, 2.24) is 15.2 Å². The molecule has 2 aliphatic heterocycles. The largest absolute Gasteiger partial charge is 0.381 e. The standard InChI is InChI=1S/C25H31N3O3/c1-19-7-5-8-20(17-19)24(11-15-31-16-12-24)23(30)28-14-6-10-25(18-28,22(29)26-2)21-9-3-4-13-27-21/h3-5,7-9,13,17H,6,10-12,14-16,18H2,1-2H3,(H,26,29). The number of aromatic nitrogens is 1. The molecule has 2 aromatic rings. The van der Waals surface area contributed by atoms with Crippen LogP contribution < -0.4 is 5.32 Å². The molecule has 6 nitrogen and oxygen atoms in total. The fourth-order valence-corrected chi connectivity index (χ4v) is 5.22. The number of hydrogen-bond donors (Lipinski definition) is 1. The van der Waals surface area contributed by atoms with E-state index in [9.17, 15) is 9.59 Å². The van der Waals surface area contributed by atoms with E-state index in [2.05, 4.69) is 35.4 Å². The highest BCUT2D eigenvalue weighted by atomic mass is 16.5. The number of hydrogen-bond acceptors (Lipinski definition) is 4. The van der Waals surface area contributed by atoms with Crippen molar-refractivity contribution < 1.29 is 14.3 Å². The number of rotatable bonds is 4. The van der Waals surface area contributed by atoms with Crippen LogP contribution in [0.3, 0.4) is 0 Å². The lowest BCUT2D eigenvalue weighted by atomic mass is 9.70. The van der Waals surface area contributed by atoms with Gasteiger partial charge in [-0.1, -0.05) is 35.9 Å². The van der Waals surface area contributed by atoms with E-state index in [-0.39, 0.29) is 11.8 Å². The Morgan fingerprint density at radius 1 is 1.06 bits per heavy atom. The number of nitrogens with one attached hydrogen (secondary N) is 1. The van der Waals surface area contributed by atoms with Crippen LogP contribution >= 0.6 is 0 Å². The normalized spacial score (nSPS) is 23.2. The molecule has 3 heterocycles. The highest BCUT2D eigenvalue weighted by molar-refractivity contribution is 5.92. The maximum atomic E-state index is 14.1. The lowest BCUT2D eigenvalue weighted by molar-refractivity contribution is -0.145. The van der Waals surface area contributed by atoms with Crippen LogP contribution in [0, 0.1) is 6.92 Å². The molecule has 0 saturated carbocycles. The Labute approximate surface area is 184 Å². The molecule has 2 aliphatic rings. The van der Waals surface area contributed by atoms with Gasteiger partial charge in [0.25, 0.3) is 0 Å². The number of pyridine rings is 1. The maximum absolute atomic E-state index is 14.1. The first-order valence-electron chi connectivity index (χ1n) is 11.1. The van der Waals surface area contributed by atoms with E-state index in [1.54, 1.807) is 13.2 Å². The smallest absolute Gasteiger partial charge is 0.233 e. The number of benzene rings is 1. The molecule has 1 unspecified atom stereocenters. The molecular formula is C25H31N3O3. The quantitative estimate of drug-likeness (QED) is 0.824. The zero-order valence-electron chi connectivity index (χ0n) is 18.4. The van der Waals surface area contributed by atoms with E-state index in [1.165, 1.54) is 0 Å². The van der Waals surface area contributed by atoms with Crippen molar-refractivity contribution >= 4 is 11.8 Å². The third-order valence-electron chi connectivity index (χ3n) is 6.92. The summed E-state index contributed by atoms with van der Waals surface area (Å²) in [7, 11) is 1.65. The van der Waals surface area contributed by atoms with Crippen LogP contribution in [0.15, 0.2) is 48.7 Å². The van der Waals surface area contributed by atoms with Crippen molar-refractivity contribution in [3.05, 3.63) is 65.5 Å². The minimum Gasteiger partial charge on any atom is -0.381 e. The molecule has 0 bridgehead atoms. The van der Waals surface area contributed by atoms with Gasteiger partial charge in [0.1, 0.15) is 5.41 Å². The molecule has 4 rings (SSSR count). The number of amides is 2. The topological polar surface area (TPSA) is 71.5 Å². The van der Waals surface area contributed by atoms with Crippen LogP contribution in [0.5, 0.6) is 0 Å². The monoisotopic (exact) mass is 421 g/mol. The SMILES string of the molecule is CNC(=O)C1(c2ccccn2)CCCN(C(=O)C2(c3cccc(C)c3)CCOCC2)C1. The number of aryl methyl sites for hydroxylation is 1. The summed E-state index contributed by atoms with van der Waals surface area (Å²) in [6, 6.07) is 13.9. The van der Waals surface area contributed by atoms with E-state index in [0.717, 1.165) is 23.2 Å². The number of nitrogens with zero attached hydrogens (tertiary/aromatic N) is 2. The summed E-state index contributed by atoms with van der Waals surface area (Å²) < 4.78 is 5.64. The number of likely N-dealkylation sites (tertiary alicyclic amines) is 1. The lowest BCUT2D eigenvalue weighted by Crippen LogP contribution is -2.59. The van der Waals surface area contributed by atoms with Crippen LogP contribution in [0.1, 0.15) is 42.5 Å². The van der Waals surface area contributed by atoms with Gasteiger partial charge in [-0.05, 0) is 50.3 Å². The zero-order chi connectivity index (χ0) is 21.9. The fourth-order valence-electron chi connectivity index (χ4n) is 5.22. The predicted molar refractivity (Wildman–Crippen MR) is 119 cm³/mol. The molecule has 2 fully saturated rings. The summed E-state index contributed by atoms with van der Waals surface area (Å²) >= 11 is 0. The first kappa shape index (κ1) is 21.5. The van der Waals surface area contributed by atoms with E-state index in [4.69, 9.17) is 4.74 Å². The Kier molecular flexibility index (Phi) is 6.10. The molecule has 2 saturated heterocycles. The van der Waals surface area contributed by atoms with Gasteiger partial charge in [0, 0.05) is 39.5 Å². The maximum Gasteiger partial charge on any atom is 0.233 e. The van der Waals surface area contributed by atoms with Gasteiger partial charge in [-0.15, -0.1) is 0 Å². The summed E-state index contributed by atoms with van der Waals surface area (Å²) in [6.07, 6.45) is 4.46. The summed E-state index contributed by atoms with van der Waals surface area (Å²) in [5.74, 6) is 0.0191. The summed E-state index contributed by atoms with van der Waals surface area (Å²) in [6.45, 7) is 4.18. The Morgan fingerprint density at radius 2 is 1.87 bits per heavy atom. The van der Waals surface area contributed by atoms with Crippen molar-refractivity contribution in [2.75, 3.05) is 33.4 Å². The van der Waals surface area contributed by atoms with E-state index in [1.807, 2.05) is 29.2 Å². The molecule has 2 amide bonds. The number of ether oxygens (including phenoxy) is 1. The second kappa shape index (κ2) is 8.79. The van der Waals surface area contributed by atoms with E-state index < -0.39 is 10.8 Å². The summed E-state index contributed by atoms with van der Waals surface area (Å²) in [4.78, 5) is 33.7. The molecule has 6 heteroatoms. The van der Waals surface area contributed by atoms with Gasteiger partial charge < -0.3 is 15.0 Å². The highest BCUT2D eigenvalue weighted by Crippen LogP contribution is 2.40. The number of piperidine rings is 1. The van der Waals surface area contributed by atoms with Gasteiger partial charge in [0.05, 0.1) is 11.1 Å². The molecule has 164 valence electrons. The van der Waals surface area contributed by atoms with Crippen molar-refractivity contribution in [1.29, 1.82) is 0 Å². The number of likely N-dealkylation sites (N-methyl/N-ethyl adjacent to an activating group) is 1.